The number of hydrogen-bond donors (Lipinski definition) is 0. The molecule has 11 heavy (non-hydrogen) atoms. The van der Waals surface area contributed by atoms with E-state index in [2.05, 4.69) is 6.92 Å². The number of carbonyl (C=O) groups is 1. The first-order valence-corrected chi connectivity index (χ1v) is 3.96. The van der Waals surface area contributed by atoms with Crippen molar-refractivity contribution in [1.29, 1.82) is 0 Å². The van der Waals surface area contributed by atoms with Crippen LogP contribution >= 0.6 is 0 Å². The van der Waals surface area contributed by atoms with Gasteiger partial charge in [0, 0.05) is 32.6 Å². The minimum absolute atomic E-state index is 0. The molecule has 0 aromatic carbocycles. The molecule has 3 radical (unpaired) electrons. The van der Waals surface area contributed by atoms with E-state index in [4.69, 9.17) is 4.74 Å². The number of hydrogen-bond acceptors (Lipinski definition) is 2. The molecule has 0 saturated heterocycles. The van der Waals surface area contributed by atoms with E-state index in [1.807, 2.05) is 6.92 Å². The van der Waals surface area contributed by atoms with Gasteiger partial charge in [-0.3, -0.25) is 4.79 Å². The van der Waals surface area contributed by atoms with E-state index in [9.17, 15) is 4.79 Å². The van der Waals surface area contributed by atoms with Crippen LogP contribution in [0.5, 0.6) is 0 Å². The third kappa shape index (κ3) is 10.4. The van der Waals surface area contributed by atoms with Crippen molar-refractivity contribution < 1.29 is 9.53 Å². The van der Waals surface area contributed by atoms with Crippen LogP contribution in [-0.4, -0.2) is 38.8 Å². The number of rotatable bonds is 5. The summed E-state index contributed by atoms with van der Waals surface area (Å²) in [4.78, 5) is 10.7. The van der Waals surface area contributed by atoms with Crippen LogP contribution in [-0.2, 0) is 9.53 Å². The van der Waals surface area contributed by atoms with Crippen LogP contribution in [0.1, 0.15) is 39.5 Å². The number of esters is 1. The van der Waals surface area contributed by atoms with Gasteiger partial charge in [-0.25, -0.2) is 0 Å². The summed E-state index contributed by atoms with van der Waals surface area (Å²) in [6.45, 7) is 4.45. The molecule has 0 aromatic heterocycles. The first-order valence-electron chi connectivity index (χ1n) is 3.96. The average Bonchev–Trinajstić information content (AvgIpc) is 1.89. The topological polar surface area (TPSA) is 26.3 Å². The second-order valence-corrected chi connectivity index (χ2v) is 2.26. The predicted molar refractivity (Wildman–Crippen MR) is 46.5 cm³/mol. The molecule has 0 fully saturated rings. The Morgan fingerprint density at radius 2 is 1.91 bits per heavy atom. The van der Waals surface area contributed by atoms with Gasteiger partial charge in [-0.15, -0.1) is 0 Å². The van der Waals surface area contributed by atoms with Crippen molar-refractivity contribution in [2.75, 3.05) is 6.61 Å². The molecular weight excluding hydrogens is 337 g/mol. The van der Waals surface area contributed by atoms with Gasteiger partial charge in [0.2, 0.25) is 0 Å². The van der Waals surface area contributed by atoms with Crippen molar-refractivity contribution >= 4 is 32.2 Å². The van der Waals surface area contributed by atoms with E-state index in [0.717, 1.165) is 19.3 Å². The average molecular weight is 353 g/mol. The molecule has 0 heterocycles. The van der Waals surface area contributed by atoms with Gasteiger partial charge in [-0.1, -0.05) is 19.8 Å². The molecule has 0 bridgehead atoms. The molecule has 0 atom stereocenters. The summed E-state index contributed by atoms with van der Waals surface area (Å²) >= 11 is 0. The zero-order valence-corrected chi connectivity index (χ0v) is 10.8. The molecule has 0 rings (SSSR count). The fourth-order valence-electron chi connectivity index (χ4n) is 0.752. The molecule has 3 heteroatoms. The van der Waals surface area contributed by atoms with Crippen LogP contribution in [0.25, 0.3) is 0 Å². The summed E-state index contributed by atoms with van der Waals surface area (Å²) in [5.41, 5.74) is 0. The van der Waals surface area contributed by atoms with Crippen LogP contribution in [0, 0.1) is 0 Å². The van der Waals surface area contributed by atoms with Crippen molar-refractivity contribution in [3.05, 3.63) is 0 Å². The van der Waals surface area contributed by atoms with E-state index in [0.29, 0.717) is 13.0 Å². The van der Waals surface area contributed by atoms with Crippen molar-refractivity contribution in [3.63, 3.8) is 0 Å². The first-order chi connectivity index (χ1) is 4.81. The Hall–Kier alpha value is 0.353. The molecule has 0 aromatic rings. The first kappa shape index (κ1) is 13.9. The third-order valence-corrected chi connectivity index (χ3v) is 1.29. The molecule has 0 aliphatic heterocycles. The number of carbonyl (C=O) groups excluding carboxylic acids is 1. The third-order valence-electron chi connectivity index (χ3n) is 1.29. The fourth-order valence-corrected chi connectivity index (χ4v) is 0.752. The molecule has 2 nitrogen and oxygen atoms in total. The van der Waals surface area contributed by atoms with E-state index in [1.54, 1.807) is 0 Å². The SMILES string of the molecule is CCCCCC(=O)OCC.[Bi]. The Balaban J connectivity index is 0. The molecule has 0 aliphatic carbocycles. The normalized spacial score (nSPS) is 8.55. The van der Waals surface area contributed by atoms with Crippen LogP contribution in [0.4, 0.5) is 0 Å². The van der Waals surface area contributed by atoms with E-state index < -0.39 is 0 Å². The predicted octanol–water partition coefficient (Wildman–Crippen LogP) is 1.75. The van der Waals surface area contributed by atoms with Crippen molar-refractivity contribution in [1.82, 2.24) is 0 Å². The monoisotopic (exact) mass is 353 g/mol. The summed E-state index contributed by atoms with van der Waals surface area (Å²) < 4.78 is 4.75. The fraction of sp³-hybridized carbons (Fsp3) is 0.875. The molecule has 0 aliphatic rings. The van der Waals surface area contributed by atoms with Crippen molar-refractivity contribution in [2.45, 2.75) is 39.5 Å². The zero-order valence-electron chi connectivity index (χ0n) is 7.30. The maximum atomic E-state index is 10.7. The zero-order chi connectivity index (χ0) is 7.82. The van der Waals surface area contributed by atoms with Crippen LogP contribution in [0.15, 0.2) is 0 Å². The second kappa shape index (κ2) is 10.4. The van der Waals surface area contributed by atoms with Gasteiger partial charge in [-0.05, 0) is 13.3 Å². The second-order valence-electron chi connectivity index (χ2n) is 2.26. The van der Waals surface area contributed by atoms with Crippen LogP contribution in [0.3, 0.4) is 0 Å². The molecule has 0 saturated carbocycles. The Bertz CT molecular complexity index is 94.1. The van der Waals surface area contributed by atoms with Gasteiger partial charge >= 0.3 is 5.97 Å². The quantitative estimate of drug-likeness (QED) is 0.428. The minimum Gasteiger partial charge on any atom is -0.466 e. The van der Waals surface area contributed by atoms with Crippen LogP contribution < -0.4 is 0 Å². The van der Waals surface area contributed by atoms with E-state index >= 15 is 0 Å². The van der Waals surface area contributed by atoms with Gasteiger partial charge in [0.25, 0.3) is 0 Å². The molecular formula is C8H16BiO2. The standard InChI is InChI=1S/C8H16O2.Bi/c1-3-5-6-7-8(9)10-4-2;/h3-7H2,1-2H3;. The number of unbranched alkanes of at least 4 members (excludes halogenated alkanes) is 2. The maximum absolute atomic E-state index is 10.7. The van der Waals surface area contributed by atoms with Gasteiger partial charge in [0.05, 0.1) is 6.61 Å². The minimum atomic E-state index is -0.0593. The molecule has 0 N–H and O–H groups in total. The smallest absolute Gasteiger partial charge is 0.305 e. The molecule has 65 valence electrons. The van der Waals surface area contributed by atoms with Gasteiger partial charge in [0.15, 0.2) is 0 Å². The van der Waals surface area contributed by atoms with E-state index in [-0.39, 0.29) is 32.2 Å². The summed E-state index contributed by atoms with van der Waals surface area (Å²) in [6, 6.07) is 0. The van der Waals surface area contributed by atoms with Gasteiger partial charge in [0.1, 0.15) is 0 Å². The molecule has 0 unspecified atom stereocenters. The van der Waals surface area contributed by atoms with Gasteiger partial charge < -0.3 is 4.74 Å². The number of ether oxygens (including phenoxy) is 1. The Morgan fingerprint density at radius 3 is 2.36 bits per heavy atom. The van der Waals surface area contributed by atoms with E-state index in [1.165, 1.54) is 0 Å². The van der Waals surface area contributed by atoms with Crippen molar-refractivity contribution in [3.8, 4) is 0 Å². The summed E-state index contributed by atoms with van der Waals surface area (Å²) in [5.74, 6) is -0.0593. The summed E-state index contributed by atoms with van der Waals surface area (Å²) in [6.07, 6.45) is 3.83. The van der Waals surface area contributed by atoms with Crippen LogP contribution in [0.2, 0.25) is 0 Å². The maximum Gasteiger partial charge on any atom is 0.305 e. The molecule has 0 spiro atoms. The molecule has 0 amide bonds. The largest absolute Gasteiger partial charge is 0.466 e. The summed E-state index contributed by atoms with van der Waals surface area (Å²) in [7, 11) is 0. The summed E-state index contributed by atoms with van der Waals surface area (Å²) in [5, 5.41) is 0. The van der Waals surface area contributed by atoms with Crippen molar-refractivity contribution in [2.24, 2.45) is 0 Å². The Morgan fingerprint density at radius 1 is 1.27 bits per heavy atom. The Labute approximate surface area is 87.8 Å². The van der Waals surface area contributed by atoms with Gasteiger partial charge in [-0.2, -0.15) is 0 Å². The Kier molecular flexibility index (Phi) is 13.1.